The molecule has 2 aromatic rings. The third kappa shape index (κ3) is 3.85. The third-order valence-corrected chi connectivity index (χ3v) is 3.70. The van der Waals surface area contributed by atoms with Crippen LogP contribution < -0.4 is 10.2 Å². The second-order valence-electron chi connectivity index (χ2n) is 5.05. The molecular formula is C16H21ClN4. The van der Waals surface area contributed by atoms with E-state index in [4.69, 9.17) is 11.6 Å². The van der Waals surface area contributed by atoms with Gasteiger partial charge in [0.25, 0.3) is 0 Å². The maximum atomic E-state index is 6.22. The Morgan fingerprint density at radius 3 is 2.71 bits per heavy atom. The molecule has 0 aliphatic heterocycles. The van der Waals surface area contributed by atoms with Crippen molar-refractivity contribution in [2.24, 2.45) is 0 Å². The topological polar surface area (TPSA) is 41.1 Å². The van der Waals surface area contributed by atoms with Crippen LogP contribution in [-0.2, 0) is 6.54 Å². The van der Waals surface area contributed by atoms with Crippen molar-refractivity contribution in [3.63, 3.8) is 0 Å². The van der Waals surface area contributed by atoms with Gasteiger partial charge in [0.2, 0.25) is 0 Å². The van der Waals surface area contributed by atoms with Crippen LogP contribution in [0.3, 0.4) is 0 Å². The number of benzene rings is 1. The van der Waals surface area contributed by atoms with Crippen molar-refractivity contribution in [3.8, 4) is 0 Å². The predicted molar refractivity (Wildman–Crippen MR) is 89.1 cm³/mol. The van der Waals surface area contributed by atoms with Crippen molar-refractivity contribution in [1.29, 1.82) is 0 Å². The number of nitrogens with zero attached hydrogens (tertiary/aromatic N) is 3. The summed E-state index contributed by atoms with van der Waals surface area (Å²) < 4.78 is 0. The third-order valence-electron chi connectivity index (χ3n) is 3.33. The molecule has 0 unspecified atom stereocenters. The van der Waals surface area contributed by atoms with Crippen molar-refractivity contribution in [3.05, 3.63) is 46.7 Å². The highest BCUT2D eigenvalue weighted by Gasteiger charge is 2.12. The molecule has 0 saturated heterocycles. The van der Waals surface area contributed by atoms with Gasteiger partial charge in [-0.25, -0.2) is 9.97 Å². The summed E-state index contributed by atoms with van der Waals surface area (Å²) in [7, 11) is 2.02. The molecule has 1 aromatic carbocycles. The van der Waals surface area contributed by atoms with E-state index in [1.165, 1.54) is 0 Å². The molecule has 0 spiro atoms. The molecule has 0 amide bonds. The van der Waals surface area contributed by atoms with Crippen LogP contribution >= 0.6 is 11.6 Å². The fourth-order valence-corrected chi connectivity index (χ4v) is 2.40. The lowest BCUT2D eigenvalue weighted by molar-refractivity contribution is 0.878. The predicted octanol–water partition coefficient (Wildman–Crippen LogP) is 3.90. The molecule has 5 heteroatoms. The summed E-state index contributed by atoms with van der Waals surface area (Å²) in [5.41, 5.74) is 2.14. The molecule has 1 aromatic heterocycles. The second-order valence-corrected chi connectivity index (χ2v) is 5.45. The first-order chi connectivity index (χ1) is 10.1. The lowest BCUT2D eigenvalue weighted by Gasteiger charge is -2.22. The molecule has 1 heterocycles. The van der Waals surface area contributed by atoms with E-state index in [9.17, 15) is 0 Å². The van der Waals surface area contributed by atoms with E-state index >= 15 is 0 Å². The Kier molecular flexibility index (Phi) is 5.39. The Balaban J connectivity index is 2.19. The number of hydrogen-bond donors (Lipinski definition) is 1. The number of halogens is 1. The van der Waals surface area contributed by atoms with Gasteiger partial charge < -0.3 is 10.2 Å². The molecule has 0 saturated carbocycles. The first-order valence-corrected chi connectivity index (χ1v) is 7.51. The minimum atomic E-state index is 0.713. The minimum absolute atomic E-state index is 0.713. The molecule has 4 nitrogen and oxygen atoms in total. The highest BCUT2D eigenvalue weighted by Crippen LogP contribution is 2.24. The van der Waals surface area contributed by atoms with E-state index in [1.54, 1.807) is 6.33 Å². The number of rotatable bonds is 6. The van der Waals surface area contributed by atoms with Gasteiger partial charge in [-0.3, -0.25) is 0 Å². The summed E-state index contributed by atoms with van der Waals surface area (Å²) in [6, 6.07) is 7.88. The Bertz CT molecular complexity index is 601. The summed E-state index contributed by atoms with van der Waals surface area (Å²) in [6.45, 7) is 5.79. The van der Waals surface area contributed by atoms with Gasteiger partial charge in [0, 0.05) is 30.7 Å². The molecule has 2 rings (SSSR count). The molecule has 112 valence electrons. The average molecular weight is 305 g/mol. The second kappa shape index (κ2) is 7.27. The molecule has 1 N–H and O–H groups in total. The van der Waals surface area contributed by atoms with Gasteiger partial charge in [0.05, 0.1) is 0 Å². The van der Waals surface area contributed by atoms with Gasteiger partial charge >= 0.3 is 0 Å². The fourth-order valence-electron chi connectivity index (χ4n) is 2.20. The van der Waals surface area contributed by atoms with Gasteiger partial charge in [-0.05, 0) is 25.0 Å². The van der Waals surface area contributed by atoms with Crippen molar-refractivity contribution in [2.75, 3.05) is 23.8 Å². The maximum Gasteiger partial charge on any atom is 0.137 e. The van der Waals surface area contributed by atoms with E-state index in [0.717, 1.165) is 40.8 Å². The van der Waals surface area contributed by atoms with Crippen LogP contribution in [0.15, 0.2) is 30.6 Å². The lowest BCUT2D eigenvalue weighted by Crippen LogP contribution is -2.20. The molecule has 0 atom stereocenters. The molecule has 0 fully saturated rings. The standard InChI is InChI=1S/C16H21ClN4/c1-4-9-18-15-12(2)16(20-11-19-15)21(3)10-13-7-5-6-8-14(13)17/h5-8,11H,4,9-10H2,1-3H3,(H,18,19,20). The fraction of sp³-hybridized carbons (Fsp3) is 0.375. The maximum absolute atomic E-state index is 6.22. The molecular weight excluding hydrogens is 284 g/mol. The Morgan fingerprint density at radius 1 is 1.24 bits per heavy atom. The van der Waals surface area contributed by atoms with Gasteiger partial charge in [0.1, 0.15) is 18.0 Å². The molecule has 0 aliphatic rings. The van der Waals surface area contributed by atoms with Crippen molar-refractivity contribution < 1.29 is 0 Å². The van der Waals surface area contributed by atoms with Gasteiger partial charge in [0.15, 0.2) is 0 Å². The minimum Gasteiger partial charge on any atom is -0.370 e. The van der Waals surface area contributed by atoms with E-state index in [1.807, 2.05) is 38.2 Å². The van der Waals surface area contributed by atoms with Gasteiger partial charge in [-0.2, -0.15) is 0 Å². The van der Waals surface area contributed by atoms with Crippen LogP contribution in [0.2, 0.25) is 5.02 Å². The lowest BCUT2D eigenvalue weighted by atomic mass is 10.2. The number of nitrogens with one attached hydrogen (secondary N) is 1. The number of aromatic nitrogens is 2. The van der Waals surface area contributed by atoms with E-state index in [0.29, 0.717) is 6.54 Å². The zero-order chi connectivity index (χ0) is 15.2. The first kappa shape index (κ1) is 15.6. The monoisotopic (exact) mass is 304 g/mol. The molecule has 0 bridgehead atoms. The summed E-state index contributed by atoms with van der Waals surface area (Å²) in [5, 5.41) is 4.11. The highest BCUT2D eigenvalue weighted by molar-refractivity contribution is 6.31. The van der Waals surface area contributed by atoms with Crippen LogP contribution in [0.5, 0.6) is 0 Å². The van der Waals surface area contributed by atoms with Crippen molar-refractivity contribution in [1.82, 2.24) is 9.97 Å². The van der Waals surface area contributed by atoms with Crippen LogP contribution in [0, 0.1) is 6.92 Å². The Morgan fingerprint density at radius 2 is 2.00 bits per heavy atom. The van der Waals surface area contributed by atoms with Crippen LogP contribution in [0.25, 0.3) is 0 Å². The zero-order valence-corrected chi connectivity index (χ0v) is 13.5. The quantitative estimate of drug-likeness (QED) is 0.879. The summed E-state index contributed by atoms with van der Waals surface area (Å²) in [4.78, 5) is 10.8. The average Bonchev–Trinajstić information content (AvgIpc) is 2.48. The Labute approximate surface area is 131 Å². The van der Waals surface area contributed by atoms with Crippen LogP contribution in [0.1, 0.15) is 24.5 Å². The Hall–Kier alpha value is -1.81. The smallest absolute Gasteiger partial charge is 0.137 e. The highest BCUT2D eigenvalue weighted by atomic mass is 35.5. The van der Waals surface area contributed by atoms with Crippen molar-refractivity contribution in [2.45, 2.75) is 26.8 Å². The summed E-state index contributed by atoms with van der Waals surface area (Å²) >= 11 is 6.22. The van der Waals surface area contributed by atoms with Gasteiger partial charge in [-0.15, -0.1) is 0 Å². The summed E-state index contributed by atoms with van der Waals surface area (Å²) in [5.74, 6) is 1.82. The van der Waals surface area contributed by atoms with Crippen LogP contribution in [0.4, 0.5) is 11.6 Å². The van der Waals surface area contributed by atoms with E-state index in [-0.39, 0.29) is 0 Å². The number of hydrogen-bond acceptors (Lipinski definition) is 4. The molecule has 0 radical (unpaired) electrons. The summed E-state index contributed by atoms with van der Waals surface area (Å²) in [6.07, 6.45) is 2.66. The normalized spacial score (nSPS) is 10.5. The number of anilines is 2. The molecule has 0 aliphatic carbocycles. The van der Waals surface area contributed by atoms with Gasteiger partial charge in [-0.1, -0.05) is 36.7 Å². The van der Waals surface area contributed by atoms with Crippen LogP contribution in [-0.4, -0.2) is 23.6 Å². The van der Waals surface area contributed by atoms with Crippen molar-refractivity contribution >= 4 is 23.2 Å². The zero-order valence-electron chi connectivity index (χ0n) is 12.7. The van der Waals surface area contributed by atoms with E-state index in [2.05, 4.69) is 27.1 Å². The SMILES string of the molecule is CCCNc1ncnc(N(C)Cc2ccccc2Cl)c1C. The molecule has 21 heavy (non-hydrogen) atoms. The largest absolute Gasteiger partial charge is 0.370 e. The first-order valence-electron chi connectivity index (χ1n) is 7.13. The van der Waals surface area contributed by atoms with E-state index < -0.39 is 0 Å².